The quantitative estimate of drug-likeness (QED) is 0.643. The van der Waals surface area contributed by atoms with Crippen molar-refractivity contribution in [1.29, 1.82) is 0 Å². The van der Waals surface area contributed by atoms with E-state index < -0.39 is 21.8 Å². The highest BCUT2D eigenvalue weighted by Gasteiger charge is 2.29. The fraction of sp³-hybridized carbons (Fsp3) is 0.529. The molecule has 0 aromatic heterocycles. The topological polar surface area (TPSA) is 95.6 Å². The second kappa shape index (κ2) is 8.07. The van der Waals surface area contributed by atoms with Crippen molar-refractivity contribution in [2.24, 2.45) is 0 Å². The van der Waals surface area contributed by atoms with Gasteiger partial charge in [0.1, 0.15) is 0 Å². The maximum atomic E-state index is 12.5. The van der Waals surface area contributed by atoms with E-state index in [-0.39, 0.29) is 22.1 Å². The predicted molar refractivity (Wildman–Crippen MR) is 95.0 cm³/mol. The van der Waals surface area contributed by atoms with Gasteiger partial charge in [0, 0.05) is 6.04 Å². The van der Waals surface area contributed by atoms with Crippen LogP contribution < -0.4 is 10.0 Å². The van der Waals surface area contributed by atoms with Gasteiger partial charge in [0.15, 0.2) is 0 Å². The normalized spacial score (nSPS) is 15.4. The lowest BCUT2D eigenvalue weighted by Gasteiger charge is -2.19. The fourth-order valence-electron chi connectivity index (χ4n) is 2.87. The van der Waals surface area contributed by atoms with Crippen LogP contribution in [0.5, 0.6) is 0 Å². The van der Waals surface area contributed by atoms with Gasteiger partial charge in [-0.2, -0.15) is 0 Å². The molecule has 0 bridgehead atoms. The second-order valence-corrected chi connectivity index (χ2v) is 7.90. The van der Waals surface area contributed by atoms with Crippen LogP contribution in [0.2, 0.25) is 0 Å². The second-order valence-electron chi connectivity index (χ2n) is 6.18. The van der Waals surface area contributed by atoms with Gasteiger partial charge in [0.2, 0.25) is 10.0 Å². The molecule has 1 aliphatic rings. The SMILES string of the molecule is CCN(CC)CCC[C@H](C)NS(=O)(=O)c1ccc2c(c1)C(=O)NC2=O. The van der Waals surface area contributed by atoms with Crippen LogP contribution in [0, 0.1) is 0 Å². The molecule has 0 fully saturated rings. The summed E-state index contributed by atoms with van der Waals surface area (Å²) in [6.07, 6.45) is 1.62. The first-order valence-electron chi connectivity index (χ1n) is 8.53. The molecule has 138 valence electrons. The first-order chi connectivity index (χ1) is 11.8. The number of rotatable bonds is 9. The summed E-state index contributed by atoms with van der Waals surface area (Å²) >= 11 is 0. The van der Waals surface area contributed by atoms with E-state index in [9.17, 15) is 18.0 Å². The molecule has 0 spiro atoms. The summed E-state index contributed by atoms with van der Waals surface area (Å²) in [5, 5.41) is 2.15. The van der Waals surface area contributed by atoms with Crippen LogP contribution in [-0.2, 0) is 10.0 Å². The van der Waals surface area contributed by atoms with Crippen LogP contribution >= 0.6 is 0 Å². The Morgan fingerprint density at radius 2 is 1.76 bits per heavy atom. The van der Waals surface area contributed by atoms with Crippen molar-refractivity contribution >= 4 is 21.8 Å². The van der Waals surface area contributed by atoms with Crippen molar-refractivity contribution in [2.75, 3.05) is 19.6 Å². The minimum atomic E-state index is -3.74. The van der Waals surface area contributed by atoms with E-state index in [1.54, 1.807) is 0 Å². The number of imide groups is 1. The van der Waals surface area contributed by atoms with E-state index in [0.717, 1.165) is 32.5 Å². The van der Waals surface area contributed by atoms with Crippen LogP contribution in [0.3, 0.4) is 0 Å². The van der Waals surface area contributed by atoms with Crippen LogP contribution in [0.1, 0.15) is 54.3 Å². The van der Waals surface area contributed by atoms with Gasteiger partial charge in [-0.05, 0) is 57.6 Å². The summed E-state index contributed by atoms with van der Waals surface area (Å²) in [6.45, 7) is 8.91. The minimum absolute atomic E-state index is 0.00769. The van der Waals surface area contributed by atoms with Gasteiger partial charge >= 0.3 is 0 Å². The summed E-state index contributed by atoms with van der Waals surface area (Å²) in [5.74, 6) is -1.06. The number of hydrogen-bond acceptors (Lipinski definition) is 5. The summed E-state index contributed by atoms with van der Waals surface area (Å²) in [7, 11) is -3.74. The third-order valence-corrected chi connectivity index (χ3v) is 5.97. The number of fused-ring (bicyclic) bond motifs is 1. The predicted octanol–water partition coefficient (Wildman–Crippen LogP) is 1.36. The zero-order valence-corrected chi connectivity index (χ0v) is 15.6. The van der Waals surface area contributed by atoms with Gasteiger partial charge in [0.05, 0.1) is 16.0 Å². The number of carbonyl (C=O) groups is 2. The van der Waals surface area contributed by atoms with Crippen molar-refractivity contribution in [3.63, 3.8) is 0 Å². The Morgan fingerprint density at radius 3 is 2.40 bits per heavy atom. The minimum Gasteiger partial charge on any atom is -0.304 e. The molecule has 25 heavy (non-hydrogen) atoms. The van der Waals surface area contributed by atoms with Gasteiger partial charge < -0.3 is 4.90 Å². The van der Waals surface area contributed by atoms with Gasteiger partial charge in [0.25, 0.3) is 11.8 Å². The third-order valence-electron chi connectivity index (χ3n) is 4.38. The molecule has 1 aliphatic heterocycles. The van der Waals surface area contributed by atoms with Gasteiger partial charge in [-0.3, -0.25) is 14.9 Å². The third kappa shape index (κ3) is 4.65. The molecule has 2 amide bonds. The molecule has 1 aromatic carbocycles. The molecule has 1 heterocycles. The number of nitrogens with one attached hydrogen (secondary N) is 2. The van der Waals surface area contributed by atoms with Crippen molar-refractivity contribution in [3.8, 4) is 0 Å². The number of amides is 2. The van der Waals surface area contributed by atoms with E-state index in [1.165, 1.54) is 18.2 Å². The first-order valence-corrected chi connectivity index (χ1v) is 10.0. The molecular weight excluding hydrogens is 342 g/mol. The lowest BCUT2D eigenvalue weighted by molar-refractivity contribution is 0.0879. The molecule has 0 saturated carbocycles. The number of sulfonamides is 1. The summed E-state index contributed by atoms with van der Waals surface area (Å²) in [6, 6.07) is 3.75. The fourth-order valence-corrected chi connectivity index (χ4v) is 4.17. The van der Waals surface area contributed by atoms with E-state index in [1.807, 2.05) is 6.92 Å². The Balaban J connectivity index is 2.01. The molecular formula is C17H25N3O4S. The van der Waals surface area contributed by atoms with E-state index in [0.29, 0.717) is 0 Å². The molecule has 1 aromatic rings. The number of nitrogens with zero attached hydrogens (tertiary/aromatic N) is 1. The van der Waals surface area contributed by atoms with Crippen LogP contribution in [0.15, 0.2) is 23.1 Å². The maximum Gasteiger partial charge on any atom is 0.258 e. The van der Waals surface area contributed by atoms with Crippen molar-refractivity contribution in [3.05, 3.63) is 29.3 Å². The molecule has 0 unspecified atom stereocenters. The molecule has 0 radical (unpaired) electrons. The summed E-state index contributed by atoms with van der Waals surface area (Å²) < 4.78 is 27.6. The van der Waals surface area contributed by atoms with Crippen molar-refractivity contribution < 1.29 is 18.0 Å². The largest absolute Gasteiger partial charge is 0.304 e. The first kappa shape index (κ1) is 19.6. The Hall–Kier alpha value is -1.77. The zero-order chi connectivity index (χ0) is 18.6. The van der Waals surface area contributed by atoms with E-state index >= 15 is 0 Å². The molecule has 7 nitrogen and oxygen atoms in total. The molecule has 2 rings (SSSR count). The molecule has 2 N–H and O–H groups in total. The Labute approximate surface area is 148 Å². The summed E-state index contributed by atoms with van der Waals surface area (Å²) in [5.41, 5.74) is 0.304. The van der Waals surface area contributed by atoms with E-state index in [4.69, 9.17) is 0 Å². The maximum absolute atomic E-state index is 12.5. The van der Waals surface area contributed by atoms with E-state index in [2.05, 4.69) is 28.8 Å². The Kier molecular flexibility index (Phi) is 6.31. The molecule has 0 saturated heterocycles. The number of hydrogen-bond donors (Lipinski definition) is 2. The van der Waals surface area contributed by atoms with Gasteiger partial charge in [-0.25, -0.2) is 13.1 Å². The van der Waals surface area contributed by atoms with Crippen LogP contribution in [0.4, 0.5) is 0 Å². The van der Waals surface area contributed by atoms with Gasteiger partial charge in [-0.15, -0.1) is 0 Å². The number of benzene rings is 1. The smallest absolute Gasteiger partial charge is 0.258 e. The molecule has 0 aliphatic carbocycles. The highest BCUT2D eigenvalue weighted by atomic mass is 32.2. The molecule has 1 atom stereocenters. The Bertz CT molecular complexity index is 757. The average molecular weight is 367 g/mol. The standard InChI is InChI=1S/C17H25N3O4S/c1-4-20(5-2)10-6-7-12(3)19-25(23,24)13-8-9-14-15(11-13)17(22)18-16(14)21/h8-9,11-12,19H,4-7,10H2,1-3H3,(H,18,21,22)/t12-/m0/s1. The van der Waals surface area contributed by atoms with Crippen molar-refractivity contribution in [2.45, 2.75) is 44.6 Å². The molecule has 8 heteroatoms. The Morgan fingerprint density at radius 1 is 1.12 bits per heavy atom. The van der Waals surface area contributed by atoms with Crippen LogP contribution in [0.25, 0.3) is 0 Å². The lowest BCUT2D eigenvalue weighted by Crippen LogP contribution is -2.33. The lowest BCUT2D eigenvalue weighted by atomic mass is 10.1. The average Bonchev–Trinajstić information content (AvgIpc) is 2.85. The highest BCUT2D eigenvalue weighted by Crippen LogP contribution is 2.20. The monoisotopic (exact) mass is 367 g/mol. The summed E-state index contributed by atoms with van der Waals surface area (Å²) in [4.78, 5) is 25.5. The highest BCUT2D eigenvalue weighted by molar-refractivity contribution is 7.89. The van der Waals surface area contributed by atoms with Crippen molar-refractivity contribution in [1.82, 2.24) is 14.9 Å². The van der Waals surface area contributed by atoms with Gasteiger partial charge in [-0.1, -0.05) is 13.8 Å². The number of carbonyl (C=O) groups excluding carboxylic acids is 2. The zero-order valence-electron chi connectivity index (χ0n) is 14.8. The van der Waals surface area contributed by atoms with Crippen LogP contribution in [-0.4, -0.2) is 50.8 Å².